The Hall–Kier alpha value is -3.55. The van der Waals surface area contributed by atoms with Gasteiger partial charge >= 0.3 is 0 Å². The number of hydrogen-bond donors (Lipinski definition) is 1. The van der Waals surface area contributed by atoms with E-state index in [4.69, 9.17) is 0 Å². The van der Waals surface area contributed by atoms with Crippen molar-refractivity contribution in [1.29, 1.82) is 0 Å². The molecule has 0 aliphatic rings. The number of amides is 1. The van der Waals surface area contributed by atoms with Crippen molar-refractivity contribution >= 4 is 17.4 Å². The van der Waals surface area contributed by atoms with E-state index in [0.29, 0.717) is 16.9 Å². The topological polar surface area (TPSA) is 90.1 Å². The van der Waals surface area contributed by atoms with Crippen LogP contribution in [-0.2, 0) is 6.54 Å². The summed E-state index contributed by atoms with van der Waals surface area (Å²) in [6.45, 7) is 1.80. The molecule has 0 fully saturated rings. The van der Waals surface area contributed by atoms with Gasteiger partial charge in [0.05, 0.1) is 11.5 Å². The third kappa shape index (κ3) is 3.75. The quantitative estimate of drug-likeness (QED) is 0.560. The van der Waals surface area contributed by atoms with E-state index in [1.165, 1.54) is 28.9 Å². The minimum absolute atomic E-state index is 0.0456. The van der Waals surface area contributed by atoms with E-state index in [9.17, 15) is 19.3 Å². The molecular weight excluding hydrogens is 339 g/mol. The van der Waals surface area contributed by atoms with Crippen LogP contribution in [0.25, 0.3) is 0 Å². The Morgan fingerprint density at radius 3 is 2.73 bits per heavy atom. The summed E-state index contributed by atoms with van der Waals surface area (Å²) >= 11 is 0. The van der Waals surface area contributed by atoms with Gasteiger partial charge in [-0.15, -0.1) is 0 Å². The van der Waals surface area contributed by atoms with Gasteiger partial charge in [-0.25, -0.2) is 4.39 Å². The van der Waals surface area contributed by atoms with Gasteiger partial charge in [0.15, 0.2) is 5.82 Å². The van der Waals surface area contributed by atoms with E-state index in [1.807, 2.05) is 0 Å². The van der Waals surface area contributed by atoms with Gasteiger partial charge in [-0.2, -0.15) is 5.10 Å². The first-order valence-corrected chi connectivity index (χ1v) is 7.77. The first kappa shape index (κ1) is 17.3. The van der Waals surface area contributed by atoms with Crippen LogP contribution in [0.1, 0.15) is 21.5 Å². The number of nitro groups is 1. The number of nitrogens with zero attached hydrogens (tertiary/aromatic N) is 3. The van der Waals surface area contributed by atoms with Crippen molar-refractivity contribution < 1.29 is 14.1 Å². The van der Waals surface area contributed by atoms with Crippen molar-refractivity contribution in [3.8, 4) is 0 Å². The molecule has 132 valence electrons. The molecule has 0 spiro atoms. The normalized spacial score (nSPS) is 10.5. The van der Waals surface area contributed by atoms with Gasteiger partial charge in [0, 0.05) is 35.0 Å². The Morgan fingerprint density at radius 1 is 1.27 bits per heavy atom. The maximum absolute atomic E-state index is 13.7. The fourth-order valence-corrected chi connectivity index (χ4v) is 2.51. The largest absolute Gasteiger partial charge is 0.305 e. The summed E-state index contributed by atoms with van der Waals surface area (Å²) in [5.74, 6) is -0.448. The Kier molecular flexibility index (Phi) is 4.74. The van der Waals surface area contributed by atoms with Gasteiger partial charge in [-0.1, -0.05) is 18.2 Å². The summed E-state index contributed by atoms with van der Waals surface area (Å²) in [4.78, 5) is 22.6. The predicted molar refractivity (Wildman–Crippen MR) is 93.5 cm³/mol. The first-order valence-electron chi connectivity index (χ1n) is 7.77. The van der Waals surface area contributed by atoms with Crippen LogP contribution in [0.5, 0.6) is 0 Å². The minimum Gasteiger partial charge on any atom is -0.305 e. The molecule has 0 atom stereocenters. The number of anilines is 1. The van der Waals surface area contributed by atoms with Crippen LogP contribution in [0, 0.1) is 22.9 Å². The van der Waals surface area contributed by atoms with Gasteiger partial charge in [0.25, 0.3) is 11.6 Å². The van der Waals surface area contributed by atoms with Crippen LogP contribution < -0.4 is 5.32 Å². The third-order valence-electron chi connectivity index (χ3n) is 3.83. The highest BCUT2D eigenvalue weighted by Gasteiger charge is 2.14. The second-order valence-corrected chi connectivity index (χ2v) is 5.70. The smallest absolute Gasteiger partial charge is 0.272 e. The molecule has 2 aromatic carbocycles. The van der Waals surface area contributed by atoms with E-state index in [2.05, 4.69) is 10.4 Å². The SMILES string of the molecule is Cc1cc(C(=O)Nc2ccn(Cc3ccccc3F)n2)ccc1[N+](=O)[O-]. The van der Waals surface area contributed by atoms with Gasteiger partial charge in [-0.05, 0) is 25.1 Å². The second-order valence-electron chi connectivity index (χ2n) is 5.70. The molecule has 1 N–H and O–H groups in total. The lowest BCUT2D eigenvalue weighted by Gasteiger charge is -2.05. The highest BCUT2D eigenvalue weighted by molar-refractivity contribution is 6.04. The molecule has 0 saturated carbocycles. The van der Waals surface area contributed by atoms with Crippen molar-refractivity contribution in [3.05, 3.63) is 87.3 Å². The van der Waals surface area contributed by atoms with Crippen molar-refractivity contribution in [3.63, 3.8) is 0 Å². The standard InChI is InChI=1S/C18H15FN4O3/c1-12-10-13(6-7-16(12)23(25)26)18(24)20-17-8-9-22(21-17)11-14-4-2-3-5-15(14)19/h2-10H,11H2,1H3,(H,20,21,24). The van der Waals surface area contributed by atoms with E-state index in [1.54, 1.807) is 37.4 Å². The lowest BCUT2D eigenvalue weighted by molar-refractivity contribution is -0.385. The molecule has 3 rings (SSSR count). The van der Waals surface area contributed by atoms with E-state index < -0.39 is 10.8 Å². The monoisotopic (exact) mass is 354 g/mol. The molecule has 1 heterocycles. The molecule has 0 saturated heterocycles. The summed E-state index contributed by atoms with van der Waals surface area (Å²) in [5, 5.41) is 17.6. The molecule has 3 aromatic rings. The number of carbonyl (C=O) groups excluding carboxylic acids is 1. The average Bonchev–Trinajstić information content (AvgIpc) is 3.03. The number of halogens is 1. The molecule has 0 unspecified atom stereocenters. The van der Waals surface area contributed by atoms with Crippen molar-refractivity contribution in [2.45, 2.75) is 13.5 Å². The first-order chi connectivity index (χ1) is 12.4. The van der Waals surface area contributed by atoms with Gasteiger partial charge in [0.2, 0.25) is 0 Å². The van der Waals surface area contributed by atoms with Crippen LogP contribution in [0.2, 0.25) is 0 Å². The van der Waals surface area contributed by atoms with Crippen LogP contribution in [0.4, 0.5) is 15.9 Å². The van der Waals surface area contributed by atoms with Crippen LogP contribution in [0.3, 0.4) is 0 Å². The molecule has 0 bridgehead atoms. The van der Waals surface area contributed by atoms with Crippen LogP contribution in [-0.4, -0.2) is 20.6 Å². The summed E-state index contributed by atoms with van der Waals surface area (Å²) in [6.07, 6.45) is 1.63. The van der Waals surface area contributed by atoms with Crippen molar-refractivity contribution in [1.82, 2.24) is 9.78 Å². The fourth-order valence-electron chi connectivity index (χ4n) is 2.51. The zero-order valence-corrected chi connectivity index (χ0v) is 13.8. The molecular formula is C18H15FN4O3. The predicted octanol–water partition coefficient (Wildman–Crippen LogP) is 3.54. The maximum Gasteiger partial charge on any atom is 0.272 e. The highest BCUT2D eigenvalue weighted by Crippen LogP contribution is 2.19. The average molecular weight is 354 g/mol. The number of nitro benzene ring substituents is 1. The molecule has 1 aromatic heterocycles. The number of nitrogens with one attached hydrogen (secondary N) is 1. The van der Waals surface area contributed by atoms with E-state index in [-0.39, 0.29) is 23.6 Å². The molecule has 0 aliphatic heterocycles. The molecule has 0 radical (unpaired) electrons. The number of aromatic nitrogens is 2. The number of hydrogen-bond acceptors (Lipinski definition) is 4. The lowest BCUT2D eigenvalue weighted by atomic mass is 10.1. The van der Waals surface area contributed by atoms with Crippen molar-refractivity contribution in [2.75, 3.05) is 5.32 Å². The molecule has 1 amide bonds. The van der Waals surface area contributed by atoms with Gasteiger partial charge in [0.1, 0.15) is 5.82 Å². The molecule has 7 nitrogen and oxygen atoms in total. The van der Waals surface area contributed by atoms with Crippen molar-refractivity contribution in [2.24, 2.45) is 0 Å². The number of aryl methyl sites for hydroxylation is 1. The lowest BCUT2D eigenvalue weighted by Crippen LogP contribution is -2.13. The second kappa shape index (κ2) is 7.14. The molecule has 0 aliphatic carbocycles. The minimum atomic E-state index is -0.499. The van der Waals surface area contributed by atoms with Gasteiger partial charge < -0.3 is 5.32 Å². The maximum atomic E-state index is 13.7. The molecule has 8 heteroatoms. The highest BCUT2D eigenvalue weighted by atomic mass is 19.1. The Labute approximate surface area is 148 Å². The summed E-state index contributed by atoms with van der Waals surface area (Å²) in [6, 6.07) is 12.1. The number of benzene rings is 2. The van der Waals surface area contributed by atoms with E-state index in [0.717, 1.165) is 0 Å². The van der Waals surface area contributed by atoms with E-state index >= 15 is 0 Å². The third-order valence-corrected chi connectivity index (χ3v) is 3.83. The number of carbonyl (C=O) groups is 1. The number of rotatable bonds is 5. The fraction of sp³-hybridized carbons (Fsp3) is 0.111. The summed E-state index contributed by atoms with van der Waals surface area (Å²) in [5.41, 5.74) is 1.12. The Bertz CT molecular complexity index is 984. The summed E-state index contributed by atoms with van der Waals surface area (Å²) in [7, 11) is 0. The Balaban J connectivity index is 1.71. The molecule has 26 heavy (non-hydrogen) atoms. The van der Waals surface area contributed by atoms with Crippen LogP contribution in [0.15, 0.2) is 54.7 Å². The zero-order chi connectivity index (χ0) is 18.7. The van der Waals surface area contributed by atoms with Gasteiger partial charge in [-0.3, -0.25) is 19.6 Å². The Morgan fingerprint density at radius 2 is 2.04 bits per heavy atom. The summed E-state index contributed by atoms with van der Waals surface area (Å²) < 4.78 is 15.2. The zero-order valence-electron chi connectivity index (χ0n) is 13.8. The van der Waals surface area contributed by atoms with Crippen LogP contribution >= 0.6 is 0 Å².